The smallest absolute Gasteiger partial charge is 0.191 e. The number of rotatable bonds is 7. The lowest BCUT2D eigenvalue weighted by Gasteiger charge is -2.34. The van der Waals surface area contributed by atoms with Gasteiger partial charge in [0, 0.05) is 25.7 Å². The van der Waals surface area contributed by atoms with E-state index in [-0.39, 0.29) is 6.10 Å². The zero-order valence-electron chi connectivity index (χ0n) is 16.5. The molecule has 2 atom stereocenters. The third kappa shape index (κ3) is 6.39. The molecule has 0 aromatic rings. The van der Waals surface area contributed by atoms with Crippen LogP contribution in [0.5, 0.6) is 0 Å². The summed E-state index contributed by atoms with van der Waals surface area (Å²) in [4.78, 5) is 7.31. The van der Waals surface area contributed by atoms with E-state index in [1.54, 1.807) is 0 Å². The van der Waals surface area contributed by atoms with E-state index in [9.17, 15) is 0 Å². The van der Waals surface area contributed by atoms with Gasteiger partial charge in [0.2, 0.25) is 0 Å². The Balaban J connectivity index is 1.35. The van der Waals surface area contributed by atoms with Gasteiger partial charge in [0.05, 0.1) is 32.0 Å². The summed E-state index contributed by atoms with van der Waals surface area (Å²) < 4.78 is 12.1. The molecule has 2 saturated heterocycles. The summed E-state index contributed by atoms with van der Waals surface area (Å²) >= 11 is 0. The lowest BCUT2D eigenvalue weighted by Crippen LogP contribution is -2.47. The van der Waals surface area contributed by atoms with Gasteiger partial charge in [-0.15, -0.1) is 0 Å². The number of guanidine groups is 1. The van der Waals surface area contributed by atoms with Crippen molar-refractivity contribution in [2.45, 2.75) is 76.5 Å². The fraction of sp³-hybridized carbons (Fsp3) is 0.950. The first-order valence-electron chi connectivity index (χ1n) is 10.8. The van der Waals surface area contributed by atoms with Crippen LogP contribution in [0.25, 0.3) is 0 Å². The van der Waals surface area contributed by atoms with Gasteiger partial charge >= 0.3 is 0 Å². The summed E-state index contributed by atoms with van der Waals surface area (Å²) in [6.07, 6.45) is 11.1. The average molecular weight is 367 g/mol. The fourth-order valence-corrected chi connectivity index (χ4v) is 4.33. The molecule has 1 saturated carbocycles. The number of morpholine rings is 1. The first-order chi connectivity index (χ1) is 12.8. The summed E-state index contributed by atoms with van der Waals surface area (Å²) in [6, 6.07) is 0.655. The van der Waals surface area contributed by atoms with Gasteiger partial charge in [0.15, 0.2) is 5.96 Å². The molecule has 2 N–H and O–H groups in total. The van der Waals surface area contributed by atoms with Crippen molar-refractivity contribution in [3.63, 3.8) is 0 Å². The number of ether oxygens (including phenoxy) is 2. The van der Waals surface area contributed by atoms with Crippen LogP contribution in [0.15, 0.2) is 4.99 Å². The van der Waals surface area contributed by atoms with E-state index >= 15 is 0 Å². The summed E-state index contributed by atoms with van der Waals surface area (Å²) in [5.41, 5.74) is 0. The molecule has 3 aliphatic rings. The molecule has 0 amide bonds. The van der Waals surface area contributed by atoms with Crippen molar-refractivity contribution in [1.29, 1.82) is 0 Å². The van der Waals surface area contributed by atoms with Crippen LogP contribution in [0, 0.1) is 0 Å². The average Bonchev–Trinajstić information content (AvgIpc) is 2.97. The van der Waals surface area contributed by atoms with E-state index in [1.165, 1.54) is 57.9 Å². The Morgan fingerprint density at radius 1 is 1.12 bits per heavy atom. The SMILES string of the molecule is CCNC(=NCC1CN2CCCC2CO1)NCCOC1CCCCCC1. The molecule has 0 aromatic carbocycles. The lowest BCUT2D eigenvalue weighted by molar-refractivity contribution is -0.0432. The minimum absolute atomic E-state index is 0.224. The summed E-state index contributed by atoms with van der Waals surface area (Å²) in [5, 5.41) is 6.74. The van der Waals surface area contributed by atoms with Gasteiger partial charge in [-0.2, -0.15) is 0 Å². The number of hydrogen-bond acceptors (Lipinski definition) is 4. The molecule has 6 heteroatoms. The molecule has 1 aliphatic carbocycles. The summed E-state index contributed by atoms with van der Waals surface area (Å²) in [6.45, 7) is 8.39. The Kier molecular flexibility index (Phi) is 8.49. The van der Waals surface area contributed by atoms with Crippen LogP contribution in [0.1, 0.15) is 58.3 Å². The maximum absolute atomic E-state index is 6.06. The van der Waals surface area contributed by atoms with Crippen molar-refractivity contribution >= 4 is 5.96 Å². The molecule has 0 spiro atoms. The van der Waals surface area contributed by atoms with Crippen molar-refractivity contribution in [2.24, 2.45) is 4.99 Å². The molecule has 26 heavy (non-hydrogen) atoms. The predicted molar refractivity (Wildman–Crippen MR) is 106 cm³/mol. The van der Waals surface area contributed by atoms with E-state index in [1.807, 2.05) is 0 Å². The molecule has 3 fully saturated rings. The number of hydrogen-bond donors (Lipinski definition) is 2. The highest BCUT2D eigenvalue weighted by Crippen LogP contribution is 2.22. The number of fused-ring (bicyclic) bond motifs is 1. The molecule has 3 rings (SSSR count). The van der Waals surface area contributed by atoms with Gasteiger partial charge < -0.3 is 20.1 Å². The lowest BCUT2D eigenvalue weighted by atomic mass is 10.1. The highest BCUT2D eigenvalue weighted by atomic mass is 16.5. The second-order valence-electron chi connectivity index (χ2n) is 7.88. The Hall–Kier alpha value is -0.850. The molecule has 0 bridgehead atoms. The van der Waals surface area contributed by atoms with Gasteiger partial charge in [-0.1, -0.05) is 25.7 Å². The first kappa shape index (κ1) is 19.9. The largest absolute Gasteiger partial charge is 0.376 e. The second kappa shape index (κ2) is 11.1. The third-order valence-corrected chi connectivity index (χ3v) is 5.81. The molecule has 0 aromatic heterocycles. The second-order valence-corrected chi connectivity index (χ2v) is 7.88. The molecule has 6 nitrogen and oxygen atoms in total. The van der Waals surface area contributed by atoms with E-state index in [4.69, 9.17) is 14.5 Å². The molecule has 2 aliphatic heterocycles. The van der Waals surface area contributed by atoms with Crippen molar-refractivity contribution in [2.75, 3.05) is 45.9 Å². The van der Waals surface area contributed by atoms with Gasteiger partial charge in [0.1, 0.15) is 0 Å². The Labute approximate surface area is 159 Å². The highest BCUT2D eigenvalue weighted by Gasteiger charge is 2.31. The first-order valence-corrected chi connectivity index (χ1v) is 10.8. The van der Waals surface area contributed by atoms with Gasteiger partial charge in [-0.3, -0.25) is 9.89 Å². The zero-order valence-corrected chi connectivity index (χ0v) is 16.5. The summed E-state index contributed by atoms with van der Waals surface area (Å²) in [5.74, 6) is 0.879. The Morgan fingerprint density at radius 2 is 1.96 bits per heavy atom. The highest BCUT2D eigenvalue weighted by molar-refractivity contribution is 5.79. The zero-order chi connectivity index (χ0) is 18.0. The number of aliphatic imine (C=N–C) groups is 1. The predicted octanol–water partition coefficient (Wildman–Crippen LogP) is 2.14. The van der Waals surface area contributed by atoms with Crippen LogP contribution < -0.4 is 10.6 Å². The Bertz CT molecular complexity index is 424. The van der Waals surface area contributed by atoms with Crippen molar-refractivity contribution in [3.05, 3.63) is 0 Å². The molecular formula is C20H38N4O2. The van der Waals surface area contributed by atoms with Crippen LogP contribution in [0.4, 0.5) is 0 Å². The standard InChI is InChI=1S/C20H38N4O2/c1-2-21-20(22-11-13-25-18-9-5-3-4-6-10-18)23-14-19-15-24-12-7-8-17(24)16-26-19/h17-19H,2-16H2,1H3,(H2,21,22,23). The number of nitrogens with one attached hydrogen (secondary N) is 2. The maximum Gasteiger partial charge on any atom is 0.191 e. The van der Waals surface area contributed by atoms with E-state index in [0.717, 1.165) is 45.4 Å². The minimum atomic E-state index is 0.224. The topological polar surface area (TPSA) is 58.1 Å². The van der Waals surface area contributed by atoms with E-state index < -0.39 is 0 Å². The molecule has 0 radical (unpaired) electrons. The molecule has 2 heterocycles. The van der Waals surface area contributed by atoms with Gasteiger partial charge in [0.25, 0.3) is 0 Å². The third-order valence-electron chi connectivity index (χ3n) is 5.81. The van der Waals surface area contributed by atoms with Crippen molar-refractivity contribution in [1.82, 2.24) is 15.5 Å². The monoisotopic (exact) mass is 366 g/mol. The van der Waals surface area contributed by atoms with Crippen LogP contribution in [-0.2, 0) is 9.47 Å². The molecule has 150 valence electrons. The molecule has 2 unspecified atom stereocenters. The number of nitrogens with zero attached hydrogens (tertiary/aromatic N) is 2. The van der Waals surface area contributed by atoms with Crippen molar-refractivity contribution in [3.8, 4) is 0 Å². The molecular weight excluding hydrogens is 328 g/mol. The van der Waals surface area contributed by atoms with Crippen LogP contribution in [0.3, 0.4) is 0 Å². The van der Waals surface area contributed by atoms with Gasteiger partial charge in [-0.25, -0.2) is 0 Å². The Morgan fingerprint density at radius 3 is 2.77 bits per heavy atom. The van der Waals surface area contributed by atoms with Gasteiger partial charge in [-0.05, 0) is 39.2 Å². The van der Waals surface area contributed by atoms with Crippen LogP contribution >= 0.6 is 0 Å². The van der Waals surface area contributed by atoms with E-state index in [0.29, 0.717) is 12.1 Å². The summed E-state index contributed by atoms with van der Waals surface area (Å²) in [7, 11) is 0. The van der Waals surface area contributed by atoms with E-state index in [2.05, 4.69) is 22.5 Å². The van der Waals surface area contributed by atoms with Crippen molar-refractivity contribution < 1.29 is 9.47 Å². The van der Waals surface area contributed by atoms with Crippen LogP contribution in [0.2, 0.25) is 0 Å². The minimum Gasteiger partial charge on any atom is -0.376 e. The quantitative estimate of drug-likeness (QED) is 0.313. The normalized spacial score (nSPS) is 28.6. The fourth-order valence-electron chi connectivity index (χ4n) is 4.33. The van der Waals surface area contributed by atoms with Crippen LogP contribution in [-0.4, -0.2) is 75.0 Å². The maximum atomic E-state index is 6.06.